The molecule has 0 radical (unpaired) electrons. The summed E-state index contributed by atoms with van der Waals surface area (Å²) in [6.45, 7) is 7.80. The molecule has 2 atom stereocenters. The van der Waals surface area contributed by atoms with Crippen molar-refractivity contribution in [1.82, 2.24) is 0 Å². The van der Waals surface area contributed by atoms with E-state index >= 15 is 0 Å². The summed E-state index contributed by atoms with van der Waals surface area (Å²) in [5, 5.41) is 0. The van der Waals surface area contributed by atoms with E-state index in [9.17, 15) is 9.59 Å². The Morgan fingerprint density at radius 2 is 1.72 bits per heavy atom. The van der Waals surface area contributed by atoms with Crippen molar-refractivity contribution in [3.8, 4) is 0 Å². The van der Waals surface area contributed by atoms with Gasteiger partial charge in [0.2, 0.25) is 0 Å². The third-order valence-corrected chi connectivity index (χ3v) is 2.96. The van der Waals surface area contributed by atoms with Gasteiger partial charge in [0.25, 0.3) is 0 Å². The van der Waals surface area contributed by atoms with Crippen LogP contribution in [0.4, 0.5) is 0 Å². The maximum Gasteiger partial charge on any atom is 0.316 e. The van der Waals surface area contributed by atoms with Gasteiger partial charge in [-0.15, -0.1) is 0 Å². The minimum atomic E-state index is -0.709. The van der Waals surface area contributed by atoms with E-state index in [1.54, 1.807) is 0 Å². The van der Waals surface area contributed by atoms with E-state index in [1.807, 2.05) is 27.7 Å². The zero-order chi connectivity index (χ0) is 14.3. The highest BCUT2D eigenvalue weighted by Gasteiger charge is 2.38. The van der Waals surface area contributed by atoms with Gasteiger partial charge in [-0.1, -0.05) is 40.5 Å². The summed E-state index contributed by atoms with van der Waals surface area (Å²) >= 11 is 0. The van der Waals surface area contributed by atoms with Gasteiger partial charge in [0.1, 0.15) is 12.0 Å². The fourth-order valence-corrected chi connectivity index (χ4v) is 2.01. The lowest BCUT2D eigenvalue weighted by Gasteiger charge is -2.30. The Morgan fingerprint density at radius 3 is 2.06 bits per heavy atom. The number of rotatable bonds is 7. The van der Waals surface area contributed by atoms with Crippen LogP contribution in [-0.4, -0.2) is 32.1 Å². The summed E-state index contributed by atoms with van der Waals surface area (Å²) in [6, 6.07) is 0. The first-order valence-electron chi connectivity index (χ1n) is 6.43. The summed E-state index contributed by atoms with van der Waals surface area (Å²) in [6.07, 6.45) is 1.70. The summed E-state index contributed by atoms with van der Waals surface area (Å²) in [5.74, 6) is -1.34. The maximum absolute atomic E-state index is 12.4. The molecular weight excluding hydrogens is 232 g/mol. The van der Waals surface area contributed by atoms with Crippen LogP contribution in [0, 0.1) is 11.3 Å². The number of ether oxygens (including phenoxy) is 2. The molecule has 106 valence electrons. The van der Waals surface area contributed by atoms with Crippen molar-refractivity contribution in [1.29, 1.82) is 0 Å². The van der Waals surface area contributed by atoms with E-state index in [-0.39, 0.29) is 11.2 Å². The Bertz CT molecular complexity index is 278. The average molecular weight is 258 g/mol. The van der Waals surface area contributed by atoms with Gasteiger partial charge in [-0.2, -0.15) is 0 Å². The second kappa shape index (κ2) is 7.52. The van der Waals surface area contributed by atoms with Crippen LogP contribution in [0.15, 0.2) is 0 Å². The molecule has 0 saturated carbocycles. The molecule has 0 heterocycles. The average Bonchev–Trinajstić information content (AvgIpc) is 2.28. The summed E-state index contributed by atoms with van der Waals surface area (Å²) in [5.41, 5.74) is -0.329. The van der Waals surface area contributed by atoms with Crippen molar-refractivity contribution in [2.75, 3.05) is 14.2 Å². The molecule has 0 N–H and O–H groups in total. The van der Waals surface area contributed by atoms with Crippen molar-refractivity contribution in [2.45, 2.75) is 53.1 Å². The van der Waals surface area contributed by atoms with E-state index < -0.39 is 18.0 Å². The molecule has 0 saturated heterocycles. The smallest absolute Gasteiger partial charge is 0.316 e. The Labute approximate surface area is 110 Å². The van der Waals surface area contributed by atoms with Crippen LogP contribution < -0.4 is 0 Å². The quantitative estimate of drug-likeness (QED) is 0.520. The maximum atomic E-state index is 12.4. The zero-order valence-corrected chi connectivity index (χ0v) is 12.4. The summed E-state index contributed by atoms with van der Waals surface area (Å²) in [7, 11) is 2.81. The van der Waals surface area contributed by atoms with Crippen molar-refractivity contribution >= 4 is 11.8 Å². The van der Waals surface area contributed by atoms with Crippen LogP contribution >= 0.6 is 0 Å². The molecule has 4 heteroatoms. The Hall–Kier alpha value is -0.900. The third kappa shape index (κ3) is 4.77. The van der Waals surface area contributed by atoms with Crippen molar-refractivity contribution < 1.29 is 19.1 Å². The predicted molar refractivity (Wildman–Crippen MR) is 70.3 cm³/mol. The van der Waals surface area contributed by atoms with Crippen molar-refractivity contribution in [3.05, 3.63) is 0 Å². The van der Waals surface area contributed by atoms with Gasteiger partial charge >= 0.3 is 5.97 Å². The third-order valence-electron chi connectivity index (χ3n) is 2.96. The van der Waals surface area contributed by atoms with Crippen molar-refractivity contribution in [2.24, 2.45) is 11.3 Å². The number of unbranched alkanes of at least 4 members (excludes halogenated alkanes) is 1. The number of ketones is 1. The fourth-order valence-electron chi connectivity index (χ4n) is 2.01. The molecule has 0 aliphatic heterocycles. The SMILES string of the molecule is CCCCC(C(=O)OC)C(=O)C(OC)C(C)(C)C. The standard InChI is InChI=1S/C14H26O4/c1-7-8-9-10(13(16)18-6)11(15)12(17-5)14(2,3)4/h10,12H,7-9H2,1-6H3. The predicted octanol–water partition coefficient (Wildman–Crippen LogP) is 2.60. The van der Waals surface area contributed by atoms with E-state index in [0.717, 1.165) is 12.8 Å². The summed E-state index contributed by atoms with van der Waals surface area (Å²) < 4.78 is 10.00. The van der Waals surface area contributed by atoms with Gasteiger partial charge in [0.05, 0.1) is 7.11 Å². The van der Waals surface area contributed by atoms with E-state index in [0.29, 0.717) is 6.42 Å². The minimum absolute atomic E-state index is 0.176. The van der Waals surface area contributed by atoms with Crippen LogP contribution in [0.3, 0.4) is 0 Å². The van der Waals surface area contributed by atoms with Gasteiger partial charge in [0, 0.05) is 7.11 Å². The number of carbonyl (C=O) groups excluding carboxylic acids is 2. The molecule has 0 aromatic rings. The lowest BCUT2D eigenvalue weighted by molar-refractivity contribution is -0.155. The highest BCUT2D eigenvalue weighted by atomic mass is 16.5. The topological polar surface area (TPSA) is 52.6 Å². The minimum Gasteiger partial charge on any atom is -0.468 e. The molecule has 0 rings (SSSR count). The van der Waals surface area contributed by atoms with Crippen LogP contribution in [0.1, 0.15) is 47.0 Å². The number of Topliss-reactive ketones (excluding diaryl/α,β-unsaturated/α-hetero) is 1. The van der Waals surface area contributed by atoms with Gasteiger partial charge in [-0.05, 0) is 11.8 Å². The van der Waals surface area contributed by atoms with Crippen LogP contribution in [-0.2, 0) is 19.1 Å². The molecule has 18 heavy (non-hydrogen) atoms. The molecule has 4 nitrogen and oxygen atoms in total. The monoisotopic (exact) mass is 258 g/mol. The van der Waals surface area contributed by atoms with Gasteiger partial charge in [0.15, 0.2) is 5.78 Å². The van der Waals surface area contributed by atoms with Crippen LogP contribution in [0.5, 0.6) is 0 Å². The molecule has 0 aliphatic carbocycles. The first-order valence-corrected chi connectivity index (χ1v) is 6.43. The first-order chi connectivity index (χ1) is 8.29. The molecule has 2 unspecified atom stereocenters. The molecule has 0 spiro atoms. The molecular formula is C14H26O4. The van der Waals surface area contributed by atoms with Crippen LogP contribution in [0.2, 0.25) is 0 Å². The lowest BCUT2D eigenvalue weighted by atomic mass is 9.81. The number of methoxy groups -OCH3 is 2. The normalized spacial score (nSPS) is 15.0. The van der Waals surface area contributed by atoms with Gasteiger partial charge in [-0.3, -0.25) is 9.59 Å². The molecule has 0 aliphatic rings. The molecule has 0 amide bonds. The Balaban J connectivity index is 4.98. The zero-order valence-electron chi connectivity index (χ0n) is 12.4. The second-order valence-electron chi connectivity index (χ2n) is 5.60. The second-order valence-corrected chi connectivity index (χ2v) is 5.60. The lowest BCUT2D eigenvalue weighted by Crippen LogP contribution is -2.42. The molecule has 0 aromatic carbocycles. The van der Waals surface area contributed by atoms with Gasteiger partial charge < -0.3 is 9.47 Å². The molecule has 0 fully saturated rings. The summed E-state index contributed by atoms with van der Waals surface area (Å²) in [4.78, 5) is 24.1. The molecule has 0 bridgehead atoms. The van der Waals surface area contributed by atoms with E-state index in [4.69, 9.17) is 9.47 Å². The van der Waals surface area contributed by atoms with Crippen LogP contribution in [0.25, 0.3) is 0 Å². The number of esters is 1. The number of hydrogen-bond acceptors (Lipinski definition) is 4. The number of carbonyl (C=O) groups is 2. The Morgan fingerprint density at radius 1 is 1.17 bits per heavy atom. The van der Waals surface area contributed by atoms with E-state index in [1.165, 1.54) is 14.2 Å². The fraction of sp³-hybridized carbons (Fsp3) is 0.857. The number of hydrogen-bond donors (Lipinski definition) is 0. The highest BCUT2D eigenvalue weighted by Crippen LogP contribution is 2.27. The highest BCUT2D eigenvalue weighted by molar-refractivity contribution is 6.01. The van der Waals surface area contributed by atoms with Gasteiger partial charge in [-0.25, -0.2) is 0 Å². The first kappa shape index (κ1) is 17.1. The van der Waals surface area contributed by atoms with E-state index in [2.05, 4.69) is 0 Å². The van der Waals surface area contributed by atoms with Crippen molar-refractivity contribution in [3.63, 3.8) is 0 Å². The molecule has 0 aromatic heterocycles. The Kier molecular flexibility index (Phi) is 7.14. The largest absolute Gasteiger partial charge is 0.468 e.